The highest BCUT2D eigenvalue weighted by Gasteiger charge is 2.20. The molecule has 4 aromatic heterocycles. The molecule has 0 aliphatic carbocycles. The van der Waals surface area contributed by atoms with Crippen molar-refractivity contribution < 1.29 is 0 Å². The maximum absolute atomic E-state index is 5.44. The predicted octanol–water partition coefficient (Wildman–Crippen LogP) is 16.4. The fraction of sp³-hybridized carbons (Fsp3) is 0. The lowest BCUT2D eigenvalue weighted by Gasteiger charge is -2.13. The summed E-state index contributed by atoms with van der Waals surface area (Å²) in [5.41, 5.74) is 16.5. The summed E-state index contributed by atoms with van der Waals surface area (Å²) in [6, 6.07) is 89.3. The smallest absolute Gasteiger partial charge is 0.162 e. The average Bonchev–Trinajstić information content (AvgIpc) is 4.06. The highest BCUT2D eigenvalue weighted by Crippen LogP contribution is 2.41. The summed E-state index contributed by atoms with van der Waals surface area (Å²) in [5, 5.41) is 7.24. The summed E-state index contributed by atoms with van der Waals surface area (Å²) in [5.74, 6) is 1.48. The number of para-hydroxylation sites is 4. The van der Waals surface area contributed by atoms with Crippen LogP contribution in [0.1, 0.15) is 0 Å². The van der Waals surface area contributed by atoms with Crippen LogP contribution >= 0.6 is 0 Å². The van der Waals surface area contributed by atoms with Gasteiger partial charge in [0.05, 0.1) is 38.8 Å². The van der Waals surface area contributed by atoms with E-state index in [1.54, 1.807) is 0 Å². The Kier molecular flexibility index (Phi) is 8.83. The van der Waals surface area contributed by atoms with Crippen LogP contribution in [0, 0.1) is 0 Å². The van der Waals surface area contributed by atoms with Gasteiger partial charge in [0, 0.05) is 60.9 Å². The Labute approximate surface area is 398 Å². The Bertz CT molecular complexity index is 4010. The number of rotatable bonds is 7. The van der Waals surface area contributed by atoms with Gasteiger partial charge >= 0.3 is 0 Å². The highest BCUT2D eigenvalue weighted by atomic mass is 15.1. The third-order valence-corrected chi connectivity index (χ3v) is 13.9. The number of hydrogen-bond acceptors (Lipinski definition) is 2. The van der Waals surface area contributed by atoms with Crippen molar-refractivity contribution in [3.8, 4) is 62.1 Å². The molecular formula is C64H41N5. The molecule has 0 bridgehead atoms. The Morgan fingerprint density at radius 3 is 1.01 bits per heavy atom. The predicted molar refractivity (Wildman–Crippen MR) is 287 cm³/mol. The minimum absolute atomic E-state index is 0.674. The lowest BCUT2D eigenvalue weighted by atomic mass is 10.00. The van der Waals surface area contributed by atoms with E-state index in [-0.39, 0.29) is 0 Å². The quantitative estimate of drug-likeness (QED) is 0.160. The first-order chi connectivity index (χ1) is 34.2. The molecule has 0 saturated heterocycles. The first-order valence-electron chi connectivity index (χ1n) is 23.5. The average molecular weight is 880 g/mol. The van der Waals surface area contributed by atoms with Crippen LogP contribution in [0.3, 0.4) is 0 Å². The highest BCUT2D eigenvalue weighted by molar-refractivity contribution is 6.14. The van der Waals surface area contributed by atoms with Crippen LogP contribution in [0.15, 0.2) is 249 Å². The van der Waals surface area contributed by atoms with E-state index in [1.165, 1.54) is 43.6 Å². The van der Waals surface area contributed by atoms with Gasteiger partial charge in [0.1, 0.15) is 5.82 Å². The maximum atomic E-state index is 5.44. The van der Waals surface area contributed by atoms with Gasteiger partial charge < -0.3 is 9.13 Å². The van der Waals surface area contributed by atoms with Gasteiger partial charge in [0.15, 0.2) is 5.82 Å². The molecule has 0 aliphatic rings. The molecule has 10 aromatic carbocycles. The van der Waals surface area contributed by atoms with Crippen LogP contribution in [0.2, 0.25) is 0 Å². The van der Waals surface area contributed by atoms with Crippen LogP contribution in [0.25, 0.3) is 128 Å². The summed E-state index contributed by atoms with van der Waals surface area (Å²) < 4.78 is 7.13. The van der Waals surface area contributed by atoms with Gasteiger partial charge in [-0.05, 0) is 82.9 Å². The van der Waals surface area contributed by atoms with E-state index >= 15 is 0 Å². The van der Waals surface area contributed by atoms with Crippen molar-refractivity contribution >= 4 is 65.4 Å². The van der Waals surface area contributed by atoms with Crippen molar-refractivity contribution in [2.24, 2.45) is 0 Å². The molecule has 0 fully saturated rings. The minimum atomic E-state index is 0.674. The maximum Gasteiger partial charge on any atom is 0.162 e. The van der Waals surface area contributed by atoms with E-state index in [9.17, 15) is 0 Å². The van der Waals surface area contributed by atoms with Gasteiger partial charge in [0.25, 0.3) is 0 Å². The van der Waals surface area contributed by atoms with Gasteiger partial charge in [-0.1, -0.05) is 182 Å². The van der Waals surface area contributed by atoms with Gasteiger partial charge in [-0.3, -0.25) is 4.57 Å². The normalized spacial score (nSPS) is 11.8. The number of nitrogens with zero attached hydrogens (tertiary/aromatic N) is 5. The van der Waals surface area contributed by atoms with Crippen molar-refractivity contribution in [1.82, 2.24) is 23.7 Å². The monoisotopic (exact) mass is 879 g/mol. The Hall–Kier alpha value is -9.32. The topological polar surface area (TPSA) is 40.6 Å². The van der Waals surface area contributed by atoms with Crippen LogP contribution in [0.4, 0.5) is 0 Å². The van der Waals surface area contributed by atoms with E-state index in [2.05, 4.69) is 250 Å². The van der Waals surface area contributed by atoms with Crippen molar-refractivity contribution in [2.45, 2.75) is 0 Å². The summed E-state index contributed by atoms with van der Waals surface area (Å²) in [6.07, 6.45) is 0. The summed E-state index contributed by atoms with van der Waals surface area (Å²) in [6.45, 7) is 0. The van der Waals surface area contributed by atoms with Crippen LogP contribution in [0.5, 0.6) is 0 Å². The van der Waals surface area contributed by atoms with Gasteiger partial charge in [-0.25, -0.2) is 9.97 Å². The number of aromatic nitrogens is 5. The molecule has 0 aliphatic heterocycles. The Balaban J connectivity index is 1.02. The summed E-state index contributed by atoms with van der Waals surface area (Å²) >= 11 is 0. The van der Waals surface area contributed by atoms with Crippen LogP contribution in [-0.4, -0.2) is 23.7 Å². The molecule has 5 heteroatoms. The van der Waals surface area contributed by atoms with Crippen molar-refractivity contribution in [1.29, 1.82) is 0 Å². The second-order valence-electron chi connectivity index (χ2n) is 17.8. The fourth-order valence-electron chi connectivity index (χ4n) is 10.7. The minimum Gasteiger partial charge on any atom is -0.309 e. The molecule has 0 atom stereocenters. The van der Waals surface area contributed by atoms with Crippen LogP contribution in [-0.2, 0) is 0 Å². The van der Waals surface area contributed by atoms with Crippen molar-refractivity contribution in [2.75, 3.05) is 0 Å². The molecule has 0 saturated carbocycles. The summed E-state index contributed by atoms with van der Waals surface area (Å²) in [4.78, 5) is 10.6. The SMILES string of the molecule is c1ccc(-c2cc(-n3c4cc(-c5ccc6c7ccccc7n(-c7ccccc7)c6c5)ccc4c4ccc(-c5ccc6c7ccccc7n(-c7ccccc7)c6c5)cc43)nc(-c3ccccc3)n2)cc1. The lowest BCUT2D eigenvalue weighted by Crippen LogP contribution is -2.02. The third-order valence-electron chi connectivity index (χ3n) is 13.9. The first-order valence-corrected chi connectivity index (χ1v) is 23.5. The zero-order chi connectivity index (χ0) is 45.4. The van der Waals surface area contributed by atoms with Crippen molar-refractivity contribution in [3.63, 3.8) is 0 Å². The van der Waals surface area contributed by atoms with E-state index in [0.29, 0.717) is 5.82 Å². The number of benzene rings is 10. The molecule has 14 aromatic rings. The standard InChI is InChI=1S/C64H41N5/c1-5-17-42(18-6-1)56-41-63(66-64(65-56)43-19-7-2-8-20-43)69-61-39-46(44-29-33-52-50-25-13-15-27-57(50)67(59(52)37-44)48-21-9-3-10-22-48)31-35-54(61)55-36-32-47(40-62(55)69)45-30-34-53-51-26-14-16-28-58(51)68(60(53)38-45)49-23-11-4-12-24-49/h1-41H. The molecule has 69 heavy (non-hydrogen) atoms. The fourth-order valence-corrected chi connectivity index (χ4v) is 10.7. The van der Waals surface area contributed by atoms with Crippen LogP contribution < -0.4 is 0 Å². The van der Waals surface area contributed by atoms with E-state index in [0.717, 1.165) is 78.1 Å². The van der Waals surface area contributed by atoms with Gasteiger partial charge in [-0.2, -0.15) is 0 Å². The second-order valence-corrected chi connectivity index (χ2v) is 17.8. The lowest BCUT2D eigenvalue weighted by molar-refractivity contribution is 1.05. The molecule has 5 nitrogen and oxygen atoms in total. The zero-order valence-electron chi connectivity index (χ0n) is 37.4. The Morgan fingerprint density at radius 1 is 0.232 bits per heavy atom. The van der Waals surface area contributed by atoms with Crippen molar-refractivity contribution in [3.05, 3.63) is 249 Å². The summed E-state index contributed by atoms with van der Waals surface area (Å²) in [7, 11) is 0. The third kappa shape index (κ3) is 6.32. The molecule has 0 N–H and O–H groups in total. The zero-order valence-corrected chi connectivity index (χ0v) is 37.4. The molecule has 322 valence electrons. The second kappa shape index (κ2) is 15.7. The molecule has 0 spiro atoms. The molecular weight excluding hydrogens is 839 g/mol. The van der Waals surface area contributed by atoms with Gasteiger partial charge in [0.2, 0.25) is 0 Å². The van der Waals surface area contributed by atoms with Gasteiger partial charge in [-0.15, -0.1) is 0 Å². The van der Waals surface area contributed by atoms with E-state index < -0.39 is 0 Å². The van der Waals surface area contributed by atoms with E-state index in [1.807, 2.05) is 12.1 Å². The molecule has 0 unspecified atom stereocenters. The molecule has 14 rings (SSSR count). The molecule has 0 amide bonds. The number of hydrogen-bond donors (Lipinski definition) is 0. The number of fused-ring (bicyclic) bond motifs is 9. The Morgan fingerprint density at radius 2 is 0.580 bits per heavy atom. The molecule has 4 heterocycles. The first kappa shape index (κ1) is 38.9. The largest absolute Gasteiger partial charge is 0.309 e. The van der Waals surface area contributed by atoms with E-state index in [4.69, 9.17) is 9.97 Å². The molecule has 0 radical (unpaired) electrons.